The molecule has 1 fully saturated rings. The van der Waals surface area contributed by atoms with Crippen LogP contribution in [-0.2, 0) is 6.54 Å². The number of fused-ring (bicyclic) bond motifs is 1. The minimum absolute atomic E-state index is 0.312. The fraction of sp³-hybridized carbons (Fsp3) is 0.500. The van der Waals surface area contributed by atoms with E-state index in [4.69, 9.17) is 5.11 Å². The molecule has 0 spiro atoms. The molecule has 0 aromatic carbocycles. The standard InChI is InChI=1S/C14H19N3O/c18-8-5-12-4-7-16(9-12)10-13-11-17-6-2-1-3-14(17)15-13/h1-3,6,11-12,18H,4-5,7-10H2. The molecule has 1 aliphatic rings. The lowest BCUT2D eigenvalue weighted by Gasteiger charge is -2.13. The van der Waals surface area contributed by atoms with E-state index in [-0.39, 0.29) is 0 Å². The van der Waals surface area contributed by atoms with Gasteiger partial charge in [0.2, 0.25) is 0 Å². The Bertz CT molecular complexity index is 489. The molecule has 2 aromatic heterocycles. The lowest BCUT2D eigenvalue weighted by atomic mass is 10.1. The highest BCUT2D eigenvalue weighted by Crippen LogP contribution is 2.20. The number of hydrogen-bond donors (Lipinski definition) is 1. The highest BCUT2D eigenvalue weighted by atomic mass is 16.3. The number of hydrogen-bond acceptors (Lipinski definition) is 3. The molecule has 96 valence electrons. The van der Waals surface area contributed by atoms with E-state index in [9.17, 15) is 0 Å². The Morgan fingerprint density at radius 2 is 2.33 bits per heavy atom. The molecule has 0 amide bonds. The molecule has 1 aliphatic heterocycles. The van der Waals surface area contributed by atoms with Crippen LogP contribution < -0.4 is 0 Å². The molecular weight excluding hydrogens is 226 g/mol. The molecule has 0 saturated carbocycles. The van der Waals surface area contributed by atoms with Gasteiger partial charge in [0.15, 0.2) is 0 Å². The molecule has 0 bridgehead atoms. The van der Waals surface area contributed by atoms with Crippen LogP contribution in [0.1, 0.15) is 18.5 Å². The van der Waals surface area contributed by atoms with Gasteiger partial charge in [0.1, 0.15) is 5.65 Å². The van der Waals surface area contributed by atoms with Gasteiger partial charge < -0.3 is 9.51 Å². The van der Waals surface area contributed by atoms with Crippen molar-refractivity contribution in [2.75, 3.05) is 19.7 Å². The smallest absolute Gasteiger partial charge is 0.137 e. The van der Waals surface area contributed by atoms with Crippen molar-refractivity contribution in [2.45, 2.75) is 19.4 Å². The van der Waals surface area contributed by atoms with Crippen molar-refractivity contribution in [2.24, 2.45) is 5.92 Å². The van der Waals surface area contributed by atoms with Gasteiger partial charge >= 0.3 is 0 Å². The van der Waals surface area contributed by atoms with Gasteiger partial charge in [0.25, 0.3) is 0 Å². The van der Waals surface area contributed by atoms with Crippen LogP contribution in [0.4, 0.5) is 0 Å². The summed E-state index contributed by atoms with van der Waals surface area (Å²) in [5.74, 6) is 0.659. The van der Waals surface area contributed by atoms with Crippen LogP contribution in [-0.4, -0.2) is 39.1 Å². The third kappa shape index (κ3) is 2.40. The highest BCUT2D eigenvalue weighted by molar-refractivity contribution is 5.39. The largest absolute Gasteiger partial charge is 0.396 e. The van der Waals surface area contributed by atoms with Gasteiger partial charge in [-0.1, -0.05) is 6.07 Å². The summed E-state index contributed by atoms with van der Waals surface area (Å²) >= 11 is 0. The van der Waals surface area contributed by atoms with Crippen molar-refractivity contribution in [3.05, 3.63) is 36.3 Å². The number of aliphatic hydroxyl groups is 1. The van der Waals surface area contributed by atoms with Crippen molar-refractivity contribution < 1.29 is 5.11 Å². The number of likely N-dealkylation sites (tertiary alicyclic amines) is 1. The predicted octanol–water partition coefficient (Wildman–Crippen LogP) is 1.54. The van der Waals surface area contributed by atoms with E-state index >= 15 is 0 Å². The van der Waals surface area contributed by atoms with Crippen LogP contribution in [0.15, 0.2) is 30.6 Å². The summed E-state index contributed by atoms with van der Waals surface area (Å²) in [4.78, 5) is 7.05. The summed E-state index contributed by atoms with van der Waals surface area (Å²) in [7, 11) is 0. The number of rotatable bonds is 4. The molecule has 1 N–H and O–H groups in total. The Labute approximate surface area is 107 Å². The SMILES string of the molecule is OCCC1CCN(Cc2cn3ccccc3n2)C1. The zero-order chi connectivity index (χ0) is 12.4. The van der Waals surface area contributed by atoms with E-state index in [1.54, 1.807) is 0 Å². The van der Waals surface area contributed by atoms with Crippen molar-refractivity contribution in [3.63, 3.8) is 0 Å². The topological polar surface area (TPSA) is 40.8 Å². The van der Waals surface area contributed by atoms with E-state index < -0.39 is 0 Å². The Balaban J connectivity index is 1.66. The fourth-order valence-electron chi connectivity index (χ4n) is 2.77. The van der Waals surface area contributed by atoms with Crippen LogP contribution in [0.2, 0.25) is 0 Å². The number of imidazole rings is 1. The van der Waals surface area contributed by atoms with Crippen LogP contribution in [0, 0.1) is 5.92 Å². The van der Waals surface area contributed by atoms with E-state index in [1.807, 2.05) is 24.4 Å². The first kappa shape index (κ1) is 11.7. The van der Waals surface area contributed by atoms with Crippen molar-refractivity contribution in [3.8, 4) is 0 Å². The second-order valence-corrected chi connectivity index (χ2v) is 5.10. The number of aliphatic hydroxyl groups excluding tert-OH is 1. The number of pyridine rings is 1. The first-order chi connectivity index (χ1) is 8.85. The van der Waals surface area contributed by atoms with Gasteiger partial charge in [-0.05, 0) is 37.4 Å². The molecule has 0 radical (unpaired) electrons. The summed E-state index contributed by atoms with van der Waals surface area (Å²) in [6, 6.07) is 6.06. The molecule has 4 heteroatoms. The lowest BCUT2D eigenvalue weighted by molar-refractivity contribution is 0.249. The van der Waals surface area contributed by atoms with E-state index in [1.165, 1.54) is 6.42 Å². The summed E-state index contributed by atoms with van der Waals surface area (Å²) in [5.41, 5.74) is 2.14. The monoisotopic (exact) mass is 245 g/mol. The molecule has 1 atom stereocenters. The molecule has 18 heavy (non-hydrogen) atoms. The molecule has 1 saturated heterocycles. The van der Waals surface area contributed by atoms with Gasteiger partial charge in [-0.3, -0.25) is 4.90 Å². The van der Waals surface area contributed by atoms with E-state index in [2.05, 4.69) is 20.5 Å². The molecule has 4 nitrogen and oxygen atoms in total. The quantitative estimate of drug-likeness (QED) is 0.888. The first-order valence-corrected chi connectivity index (χ1v) is 6.61. The third-order valence-electron chi connectivity index (χ3n) is 3.71. The maximum absolute atomic E-state index is 8.96. The van der Waals surface area contributed by atoms with Crippen LogP contribution in [0.3, 0.4) is 0 Å². The number of nitrogens with zero attached hydrogens (tertiary/aromatic N) is 3. The lowest BCUT2D eigenvalue weighted by Crippen LogP contribution is -2.20. The average molecular weight is 245 g/mol. The van der Waals surface area contributed by atoms with Crippen LogP contribution in [0.25, 0.3) is 5.65 Å². The summed E-state index contributed by atoms with van der Waals surface area (Å²) in [6.45, 7) is 3.45. The van der Waals surface area contributed by atoms with Gasteiger partial charge in [-0.25, -0.2) is 4.98 Å². The molecule has 0 aliphatic carbocycles. The predicted molar refractivity (Wildman–Crippen MR) is 70.3 cm³/mol. The minimum atomic E-state index is 0.312. The third-order valence-corrected chi connectivity index (χ3v) is 3.71. The Hall–Kier alpha value is -1.39. The summed E-state index contributed by atoms with van der Waals surface area (Å²) < 4.78 is 2.07. The zero-order valence-corrected chi connectivity index (χ0v) is 10.5. The second kappa shape index (κ2) is 5.08. The number of aromatic nitrogens is 2. The normalized spacial score (nSPS) is 20.8. The maximum Gasteiger partial charge on any atom is 0.137 e. The Morgan fingerprint density at radius 3 is 3.17 bits per heavy atom. The van der Waals surface area contributed by atoms with E-state index in [0.29, 0.717) is 12.5 Å². The molecule has 3 rings (SSSR count). The maximum atomic E-state index is 8.96. The van der Waals surface area contributed by atoms with Gasteiger partial charge in [-0.2, -0.15) is 0 Å². The summed E-state index contributed by atoms with van der Waals surface area (Å²) in [6.07, 6.45) is 6.27. The summed E-state index contributed by atoms with van der Waals surface area (Å²) in [5, 5.41) is 8.96. The zero-order valence-electron chi connectivity index (χ0n) is 10.5. The van der Waals surface area contributed by atoms with Crippen molar-refractivity contribution >= 4 is 5.65 Å². The average Bonchev–Trinajstić information content (AvgIpc) is 2.96. The van der Waals surface area contributed by atoms with Crippen LogP contribution in [0.5, 0.6) is 0 Å². The first-order valence-electron chi connectivity index (χ1n) is 6.61. The second-order valence-electron chi connectivity index (χ2n) is 5.10. The molecule has 1 unspecified atom stereocenters. The van der Waals surface area contributed by atoms with E-state index in [0.717, 1.165) is 37.4 Å². The van der Waals surface area contributed by atoms with Crippen LogP contribution >= 0.6 is 0 Å². The van der Waals surface area contributed by atoms with Gasteiger partial charge in [0, 0.05) is 32.1 Å². The minimum Gasteiger partial charge on any atom is -0.396 e. The van der Waals surface area contributed by atoms with Crippen molar-refractivity contribution in [1.82, 2.24) is 14.3 Å². The molecule has 2 aromatic rings. The highest BCUT2D eigenvalue weighted by Gasteiger charge is 2.22. The van der Waals surface area contributed by atoms with Crippen molar-refractivity contribution in [1.29, 1.82) is 0 Å². The van der Waals surface area contributed by atoms with Gasteiger partial charge in [-0.15, -0.1) is 0 Å². The Morgan fingerprint density at radius 1 is 1.39 bits per heavy atom. The fourth-order valence-corrected chi connectivity index (χ4v) is 2.77. The van der Waals surface area contributed by atoms with Gasteiger partial charge in [0.05, 0.1) is 5.69 Å². The molecule has 3 heterocycles. The Kier molecular flexibility index (Phi) is 3.30. The molecular formula is C14H19N3O.